The molecular formula is C10H20O5Si. The fraction of sp³-hybridized carbons (Fsp3) is 0.700. The van der Waals surface area contributed by atoms with Gasteiger partial charge in [0.15, 0.2) is 0 Å². The van der Waals surface area contributed by atoms with Crippen molar-refractivity contribution in [2.24, 2.45) is 0 Å². The van der Waals surface area contributed by atoms with Gasteiger partial charge in [0, 0.05) is 32.1 Å². The van der Waals surface area contributed by atoms with Gasteiger partial charge < -0.3 is 18.4 Å². The van der Waals surface area contributed by atoms with Gasteiger partial charge in [-0.2, -0.15) is 0 Å². The molecule has 0 amide bonds. The average molecular weight is 248 g/mol. The fourth-order valence-electron chi connectivity index (χ4n) is 1.57. The van der Waals surface area contributed by atoms with Crippen LogP contribution >= 0.6 is 0 Å². The summed E-state index contributed by atoms with van der Waals surface area (Å²) in [7, 11) is 1.43. The fourth-order valence-corrected chi connectivity index (χ4v) is 3.93. The molecule has 0 fully saturated rings. The Labute approximate surface area is 97.4 Å². The van der Waals surface area contributed by atoms with Gasteiger partial charge in [-0.1, -0.05) is 13.3 Å². The van der Waals surface area contributed by atoms with E-state index in [2.05, 4.69) is 0 Å². The van der Waals surface area contributed by atoms with Gasteiger partial charge in [-0.05, 0) is 13.3 Å². The summed E-state index contributed by atoms with van der Waals surface area (Å²) in [5, 5.41) is 9.66. The highest BCUT2D eigenvalue weighted by Gasteiger charge is 2.44. The molecule has 0 aliphatic carbocycles. The molecule has 0 heterocycles. The van der Waals surface area contributed by atoms with Gasteiger partial charge in [-0.3, -0.25) is 0 Å². The largest absolute Gasteiger partial charge is 0.532 e. The molecule has 16 heavy (non-hydrogen) atoms. The summed E-state index contributed by atoms with van der Waals surface area (Å²) in [6, 6.07) is 0. The summed E-state index contributed by atoms with van der Waals surface area (Å²) >= 11 is 0. The molecule has 0 spiro atoms. The first kappa shape index (κ1) is 15.3. The van der Waals surface area contributed by atoms with E-state index in [0.29, 0.717) is 11.6 Å². The van der Waals surface area contributed by atoms with Crippen molar-refractivity contribution in [2.45, 2.75) is 26.7 Å². The van der Waals surface area contributed by atoms with Gasteiger partial charge in [0.2, 0.25) is 0 Å². The molecule has 0 aliphatic heterocycles. The topological polar surface area (TPSA) is 65.0 Å². The van der Waals surface area contributed by atoms with Gasteiger partial charge in [0.05, 0.1) is 0 Å². The Bertz CT molecular complexity index is 262. The number of hydrogen-bond donors (Lipinski definition) is 1. The zero-order valence-corrected chi connectivity index (χ0v) is 11.5. The summed E-state index contributed by atoms with van der Waals surface area (Å²) in [5.74, 6) is -0.966. The summed E-state index contributed by atoms with van der Waals surface area (Å²) in [5.41, 5.74) is 0.249. The smallest absolute Gasteiger partial charge is 0.478 e. The quantitative estimate of drug-likeness (QED) is 0.547. The third-order valence-corrected chi connectivity index (χ3v) is 5.43. The highest BCUT2D eigenvalue weighted by Crippen LogP contribution is 2.25. The van der Waals surface area contributed by atoms with E-state index >= 15 is 0 Å². The zero-order chi connectivity index (χ0) is 12.8. The second kappa shape index (κ2) is 6.80. The highest BCUT2D eigenvalue weighted by atomic mass is 28.4. The monoisotopic (exact) mass is 248 g/mol. The van der Waals surface area contributed by atoms with Crippen molar-refractivity contribution in [3.05, 3.63) is 10.8 Å². The van der Waals surface area contributed by atoms with Crippen molar-refractivity contribution in [2.75, 3.05) is 21.3 Å². The Morgan fingerprint density at radius 3 is 1.88 bits per heavy atom. The van der Waals surface area contributed by atoms with Gasteiger partial charge in [0.25, 0.3) is 0 Å². The average Bonchev–Trinajstić information content (AvgIpc) is 2.29. The minimum absolute atomic E-state index is 0.249. The van der Waals surface area contributed by atoms with E-state index < -0.39 is 14.8 Å². The molecule has 5 nitrogen and oxygen atoms in total. The molecule has 0 saturated heterocycles. The number of carboxylic acids is 1. The molecular weight excluding hydrogens is 228 g/mol. The van der Waals surface area contributed by atoms with Crippen LogP contribution < -0.4 is 0 Å². The van der Waals surface area contributed by atoms with Crippen molar-refractivity contribution in [1.82, 2.24) is 0 Å². The molecule has 1 N–H and O–H groups in total. The maximum atomic E-state index is 11.0. The standard InChI is InChI=1S/C10H20O5Si/c1-6-7-9(8(2)10(11)12)16(13-3,14-4)15-5/h6-7H2,1-5H3,(H,11,12). The number of rotatable bonds is 7. The van der Waals surface area contributed by atoms with E-state index in [9.17, 15) is 4.79 Å². The van der Waals surface area contributed by atoms with Crippen molar-refractivity contribution in [3.63, 3.8) is 0 Å². The number of aliphatic carboxylic acids is 1. The lowest BCUT2D eigenvalue weighted by atomic mass is 10.2. The van der Waals surface area contributed by atoms with E-state index in [1.54, 1.807) is 6.92 Å². The van der Waals surface area contributed by atoms with Crippen molar-refractivity contribution in [3.8, 4) is 0 Å². The molecule has 0 aromatic heterocycles. The van der Waals surface area contributed by atoms with Crippen molar-refractivity contribution < 1.29 is 23.2 Å². The summed E-state index contributed by atoms with van der Waals surface area (Å²) < 4.78 is 15.9. The van der Waals surface area contributed by atoms with Gasteiger partial charge in [0.1, 0.15) is 0 Å². The lowest BCUT2D eigenvalue weighted by Gasteiger charge is -2.27. The number of hydrogen-bond acceptors (Lipinski definition) is 4. The second-order valence-corrected chi connectivity index (χ2v) is 6.27. The van der Waals surface area contributed by atoms with Crippen LogP contribution in [0.15, 0.2) is 10.8 Å². The SMILES string of the molecule is CCCC(=C(C)C(=O)O)[Si](OC)(OC)OC. The third-order valence-electron chi connectivity index (χ3n) is 2.45. The maximum Gasteiger partial charge on any atom is 0.532 e. The molecule has 0 saturated carbocycles. The molecule has 0 unspecified atom stereocenters. The first-order chi connectivity index (χ1) is 7.48. The molecule has 0 radical (unpaired) electrons. The van der Waals surface area contributed by atoms with E-state index in [-0.39, 0.29) is 5.57 Å². The van der Waals surface area contributed by atoms with Crippen LogP contribution in [0, 0.1) is 0 Å². The summed E-state index contributed by atoms with van der Waals surface area (Å²) in [6.07, 6.45) is 1.41. The molecule has 0 aromatic carbocycles. The van der Waals surface area contributed by atoms with Crippen LogP contribution in [-0.2, 0) is 18.1 Å². The van der Waals surface area contributed by atoms with Crippen LogP contribution in [0.2, 0.25) is 0 Å². The molecule has 0 atom stereocenters. The Kier molecular flexibility index (Phi) is 6.50. The van der Waals surface area contributed by atoms with E-state index in [0.717, 1.165) is 6.42 Å². The normalized spacial score (nSPS) is 13.6. The van der Waals surface area contributed by atoms with Crippen LogP contribution in [0.1, 0.15) is 26.7 Å². The lowest BCUT2D eigenvalue weighted by molar-refractivity contribution is -0.132. The molecule has 0 aliphatic rings. The van der Waals surface area contributed by atoms with E-state index in [1.165, 1.54) is 21.3 Å². The molecule has 6 heteroatoms. The molecule has 0 bridgehead atoms. The van der Waals surface area contributed by atoms with Gasteiger partial charge in [-0.15, -0.1) is 0 Å². The molecule has 0 aromatic rings. The second-order valence-electron chi connectivity index (χ2n) is 3.33. The summed E-state index contributed by atoms with van der Waals surface area (Å²) in [6.45, 7) is 3.52. The predicted molar refractivity (Wildman–Crippen MR) is 62.0 cm³/mol. The third kappa shape index (κ3) is 3.15. The van der Waals surface area contributed by atoms with Crippen LogP contribution in [0.4, 0.5) is 0 Å². The zero-order valence-electron chi connectivity index (χ0n) is 10.5. The van der Waals surface area contributed by atoms with E-state index in [4.69, 9.17) is 18.4 Å². The minimum atomic E-state index is -2.99. The van der Waals surface area contributed by atoms with Gasteiger partial charge >= 0.3 is 14.8 Å². The number of carbonyl (C=O) groups is 1. The van der Waals surface area contributed by atoms with E-state index in [1.807, 2.05) is 6.92 Å². The Morgan fingerprint density at radius 1 is 1.19 bits per heavy atom. The van der Waals surface area contributed by atoms with Crippen LogP contribution in [0.5, 0.6) is 0 Å². The highest BCUT2D eigenvalue weighted by molar-refractivity contribution is 6.69. The molecule has 0 rings (SSSR count). The first-order valence-electron chi connectivity index (χ1n) is 5.08. The van der Waals surface area contributed by atoms with Crippen LogP contribution in [0.3, 0.4) is 0 Å². The van der Waals surface area contributed by atoms with Gasteiger partial charge in [-0.25, -0.2) is 4.79 Å². The maximum absolute atomic E-state index is 11.0. The van der Waals surface area contributed by atoms with Crippen LogP contribution in [-0.4, -0.2) is 41.2 Å². The molecule has 94 valence electrons. The Morgan fingerprint density at radius 2 is 1.62 bits per heavy atom. The van der Waals surface area contributed by atoms with Crippen molar-refractivity contribution >= 4 is 14.8 Å². The van der Waals surface area contributed by atoms with Crippen molar-refractivity contribution in [1.29, 1.82) is 0 Å². The Balaban J connectivity index is 5.47. The van der Waals surface area contributed by atoms with Crippen LogP contribution in [0.25, 0.3) is 0 Å². The summed E-state index contributed by atoms with van der Waals surface area (Å²) in [4.78, 5) is 11.0. The Hall–Kier alpha value is -0.693. The number of carboxylic acid groups (broad SMARTS) is 1. The predicted octanol–water partition coefficient (Wildman–Crippen LogP) is 1.60. The number of allylic oxidation sites excluding steroid dienone is 1. The minimum Gasteiger partial charge on any atom is -0.478 e. The lowest BCUT2D eigenvalue weighted by Crippen LogP contribution is -2.46. The first-order valence-corrected chi connectivity index (χ1v) is 6.80.